The van der Waals surface area contributed by atoms with Crippen molar-refractivity contribution in [1.82, 2.24) is 9.97 Å². The number of carbonyl (C=O) groups excluding carboxylic acids is 1. The van der Waals surface area contributed by atoms with E-state index in [4.69, 9.17) is 0 Å². The summed E-state index contributed by atoms with van der Waals surface area (Å²) in [4.78, 5) is 27.1. The quantitative estimate of drug-likeness (QED) is 0.489. The molecule has 72 valence electrons. The van der Waals surface area contributed by atoms with Gasteiger partial charge in [-0.25, -0.2) is 9.78 Å². The minimum Gasteiger partial charge on any atom is -0.468 e. The number of aromatic amines is 1. The predicted molar refractivity (Wildman–Crippen MR) is 48.4 cm³/mol. The highest BCUT2D eigenvalue weighted by Gasteiger charge is 1.93. The highest BCUT2D eigenvalue weighted by Crippen LogP contribution is 1.87. The molecular weight excluding hydrogens is 184 g/mol. The number of H-pyrrole nitrogens is 1. The number of nitrogens with zero attached hydrogens (tertiary/aromatic N) is 1. The highest BCUT2D eigenvalue weighted by atomic mass is 16.5. The molecule has 0 unspecified atom stereocenters. The van der Waals surface area contributed by atoms with Crippen LogP contribution in [-0.2, 0) is 9.53 Å². The molecule has 1 rings (SSSR count). The van der Waals surface area contributed by atoms with Gasteiger partial charge in [-0.3, -0.25) is 4.79 Å². The maximum Gasteiger partial charge on any atom is 0.344 e. The van der Waals surface area contributed by atoms with Crippen molar-refractivity contribution in [3.05, 3.63) is 28.4 Å². The molecule has 1 aromatic heterocycles. The van der Waals surface area contributed by atoms with E-state index in [9.17, 15) is 9.59 Å². The van der Waals surface area contributed by atoms with Gasteiger partial charge >= 0.3 is 11.7 Å². The molecule has 0 saturated carbocycles. The van der Waals surface area contributed by atoms with Crippen LogP contribution in [-0.4, -0.2) is 23.0 Å². The second kappa shape index (κ2) is 4.82. The van der Waals surface area contributed by atoms with Crippen LogP contribution in [0.1, 0.15) is 12.0 Å². The molecule has 0 radical (unpaired) electrons. The lowest BCUT2D eigenvalue weighted by molar-refractivity contribution is -0.139. The third kappa shape index (κ3) is 3.11. The van der Waals surface area contributed by atoms with Crippen LogP contribution in [0, 0.1) is 11.8 Å². The normalized spacial score (nSPS) is 8.64. The van der Waals surface area contributed by atoms with Crippen molar-refractivity contribution in [3.8, 4) is 11.8 Å². The smallest absolute Gasteiger partial charge is 0.344 e. The van der Waals surface area contributed by atoms with E-state index in [1.807, 2.05) is 0 Å². The molecule has 1 heterocycles. The van der Waals surface area contributed by atoms with Gasteiger partial charge in [0, 0.05) is 12.4 Å². The second-order valence-electron chi connectivity index (χ2n) is 2.36. The zero-order chi connectivity index (χ0) is 10.4. The number of hydrogen-bond acceptors (Lipinski definition) is 4. The topological polar surface area (TPSA) is 72.0 Å². The monoisotopic (exact) mass is 192 g/mol. The number of carbonyl (C=O) groups is 1. The van der Waals surface area contributed by atoms with Crippen molar-refractivity contribution in [2.75, 3.05) is 7.11 Å². The number of methoxy groups -OCH3 is 1. The number of nitrogens with one attached hydrogen (secondary N) is 1. The summed E-state index contributed by atoms with van der Waals surface area (Å²) in [5, 5.41) is 0. The summed E-state index contributed by atoms with van der Waals surface area (Å²) in [6.45, 7) is 0. The first-order chi connectivity index (χ1) is 6.72. The van der Waals surface area contributed by atoms with E-state index in [0.29, 0.717) is 5.56 Å². The SMILES string of the molecule is COC(=O)CC#Cc1cnc(=O)[nH]c1. The Kier molecular flexibility index (Phi) is 3.44. The van der Waals surface area contributed by atoms with E-state index in [0.717, 1.165) is 0 Å². The second-order valence-corrected chi connectivity index (χ2v) is 2.36. The van der Waals surface area contributed by atoms with Crippen LogP contribution in [0.3, 0.4) is 0 Å². The van der Waals surface area contributed by atoms with Crippen LogP contribution in [0.15, 0.2) is 17.2 Å². The van der Waals surface area contributed by atoms with Crippen molar-refractivity contribution in [3.63, 3.8) is 0 Å². The number of rotatable bonds is 1. The van der Waals surface area contributed by atoms with Crippen molar-refractivity contribution in [2.24, 2.45) is 0 Å². The molecule has 0 aliphatic carbocycles. The Hall–Kier alpha value is -2.09. The van der Waals surface area contributed by atoms with Crippen molar-refractivity contribution in [2.45, 2.75) is 6.42 Å². The van der Waals surface area contributed by atoms with Gasteiger partial charge in [0.2, 0.25) is 0 Å². The van der Waals surface area contributed by atoms with Gasteiger partial charge in [0.25, 0.3) is 0 Å². The maximum absolute atomic E-state index is 10.7. The van der Waals surface area contributed by atoms with Gasteiger partial charge in [-0.15, -0.1) is 0 Å². The Morgan fingerprint density at radius 3 is 3.07 bits per heavy atom. The van der Waals surface area contributed by atoms with E-state index in [2.05, 4.69) is 26.5 Å². The average Bonchev–Trinajstić information content (AvgIpc) is 2.21. The molecule has 0 aliphatic heterocycles. The molecule has 1 N–H and O–H groups in total. The molecule has 1 aromatic rings. The van der Waals surface area contributed by atoms with Crippen molar-refractivity contribution >= 4 is 5.97 Å². The van der Waals surface area contributed by atoms with Crippen LogP contribution in [0.25, 0.3) is 0 Å². The Morgan fingerprint density at radius 2 is 2.50 bits per heavy atom. The fraction of sp³-hybridized carbons (Fsp3) is 0.222. The van der Waals surface area contributed by atoms with Gasteiger partial charge in [0.05, 0.1) is 12.7 Å². The fourth-order valence-electron chi connectivity index (χ4n) is 0.701. The molecule has 0 atom stereocenters. The lowest BCUT2D eigenvalue weighted by Gasteiger charge is -1.89. The number of esters is 1. The Morgan fingerprint density at radius 1 is 1.71 bits per heavy atom. The molecule has 0 fully saturated rings. The minimum absolute atomic E-state index is 0.0234. The van der Waals surface area contributed by atoms with Gasteiger partial charge in [0.15, 0.2) is 0 Å². The summed E-state index contributed by atoms with van der Waals surface area (Å²) < 4.78 is 4.39. The molecule has 0 aliphatic rings. The van der Waals surface area contributed by atoms with Crippen LogP contribution in [0.4, 0.5) is 0 Å². The lowest BCUT2D eigenvalue weighted by Crippen LogP contribution is -2.08. The summed E-state index contributed by atoms with van der Waals surface area (Å²) >= 11 is 0. The van der Waals surface area contributed by atoms with Crippen molar-refractivity contribution in [1.29, 1.82) is 0 Å². The van der Waals surface area contributed by atoms with Gasteiger partial charge in [-0.1, -0.05) is 11.8 Å². The third-order valence-electron chi connectivity index (χ3n) is 1.37. The number of aromatic nitrogens is 2. The van der Waals surface area contributed by atoms with E-state index in [1.165, 1.54) is 19.5 Å². The van der Waals surface area contributed by atoms with Gasteiger partial charge < -0.3 is 9.72 Å². The van der Waals surface area contributed by atoms with E-state index >= 15 is 0 Å². The molecule has 0 saturated heterocycles. The molecule has 5 heteroatoms. The lowest BCUT2D eigenvalue weighted by atomic mass is 10.3. The van der Waals surface area contributed by atoms with Crippen LogP contribution < -0.4 is 5.69 Å². The zero-order valence-corrected chi connectivity index (χ0v) is 7.53. The summed E-state index contributed by atoms with van der Waals surface area (Å²) in [6.07, 6.45) is 2.79. The summed E-state index contributed by atoms with van der Waals surface area (Å²) in [5.74, 6) is 4.85. The Balaban J connectivity index is 2.64. The summed E-state index contributed by atoms with van der Waals surface area (Å²) in [6, 6.07) is 0. The van der Waals surface area contributed by atoms with Gasteiger partial charge in [-0.05, 0) is 0 Å². The maximum atomic E-state index is 10.7. The van der Waals surface area contributed by atoms with Crippen molar-refractivity contribution < 1.29 is 9.53 Å². The summed E-state index contributed by atoms with van der Waals surface area (Å²) in [7, 11) is 1.30. The summed E-state index contributed by atoms with van der Waals surface area (Å²) in [5.41, 5.74) is 0.122. The first-order valence-electron chi connectivity index (χ1n) is 3.83. The van der Waals surface area contributed by atoms with Crippen LogP contribution in [0.2, 0.25) is 0 Å². The van der Waals surface area contributed by atoms with E-state index < -0.39 is 11.7 Å². The fourth-order valence-corrected chi connectivity index (χ4v) is 0.701. The number of hydrogen-bond donors (Lipinski definition) is 1. The molecule has 0 aromatic carbocycles. The first-order valence-corrected chi connectivity index (χ1v) is 3.83. The Bertz CT molecular complexity index is 419. The van der Waals surface area contributed by atoms with Gasteiger partial charge in [-0.2, -0.15) is 0 Å². The molecule has 0 amide bonds. The average molecular weight is 192 g/mol. The molecule has 0 bridgehead atoms. The zero-order valence-electron chi connectivity index (χ0n) is 7.53. The predicted octanol–water partition coefficient (Wildman–Crippen LogP) is -0.316. The highest BCUT2D eigenvalue weighted by molar-refractivity contribution is 5.72. The van der Waals surface area contributed by atoms with Gasteiger partial charge in [0.1, 0.15) is 6.42 Å². The first kappa shape index (κ1) is 9.99. The van der Waals surface area contributed by atoms with Crippen LogP contribution in [0.5, 0.6) is 0 Å². The molecule has 0 spiro atoms. The number of ether oxygens (including phenoxy) is 1. The Labute approximate surface area is 80.1 Å². The van der Waals surface area contributed by atoms with E-state index in [1.54, 1.807) is 0 Å². The third-order valence-corrected chi connectivity index (χ3v) is 1.37. The molecular formula is C9H8N2O3. The van der Waals surface area contributed by atoms with Crippen LogP contribution >= 0.6 is 0 Å². The minimum atomic E-state index is -0.427. The van der Waals surface area contributed by atoms with E-state index in [-0.39, 0.29) is 6.42 Å². The standard InChI is InChI=1S/C9H8N2O3/c1-14-8(12)4-2-3-7-5-10-9(13)11-6-7/h5-6H,4H2,1H3,(H,10,11,13). The largest absolute Gasteiger partial charge is 0.468 e. The molecule has 14 heavy (non-hydrogen) atoms. The molecule has 5 nitrogen and oxygen atoms in total.